The van der Waals surface area contributed by atoms with Crippen LogP contribution < -0.4 is 10.9 Å². The van der Waals surface area contributed by atoms with Gasteiger partial charge in [-0.05, 0) is 57.0 Å². The van der Waals surface area contributed by atoms with E-state index in [1.54, 1.807) is 24.3 Å². The summed E-state index contributed by atoms with van der Waals surface area (Å²) in [6.07, 6.45) is 0. The molecule has 0 saturated heterocycles. The molecule has 0 amide bonds. The molecule has 0 aromatic heterocycles. The third-order valence-corrected chi connectivity index (χ3v) is 8.07. The van der Waals surface area contributed by atoms with Gasteiger partial charge < -0.3 is 42.1 Å². The first kappa shape index (κ1) is 36.6. The number of phenols is 4. The second-order valence-electron chi connectivity index (χ2n) is 13.7. The van der Waals surface area contributed by atoms with Crippen LogP contribution in [0.15, 0.2) is 109 Å². The summed E-state index contributed by atoms with van der Waals surface area (Å²) in [6.45, 7) is 12.6. The van der Waals surface area contributed by atoms with Crippen molar-refractivity contribution in [2.45, 2.75) is 52.4 Å². The van der Waals surface area contributed by atoms with Gasteiger partial charge in [-0.2, -0.15) is 0 Å². The monoisotopic (exact) mass is 701 g/mol. The maximum Gasteiger partial charge on any atom is 0.138 e. The van der Waals surface area contributed by atoms with Crippen LogP contribution in [0.3, 0.4) is 0 Å². The Balaban J connectivity index is 0.000000216. The number of hydrogen-bond donors (Lipinski definition) is 6. The van der Waals surface area contributed by atoms with Gasteiger partial charge in [-0.3, -0.25) is 0 Å². The summed E-state index contributed by atoms with van der Waals surface area (Å²) in [5.74, 6) is 0.415. The van der Waals surface area contributed by atoms with Crippen LogP contribution in [0.1, 0.15) is 52.7 Å². The van der Waals surface area contributed by atoms with Crippen molar-refractivity contribution in [3.63, 3.8) is 0 Å². The van der Waals surface area contributed by atoms with E-state index >= 15 is 0 Å². The van der Waals surface area contributed by atoms with Crippen LogP contribution in [-0.4, -0.2) is 20.4 Å². The predicted molar refractivity (Wildman–Crippen MR) is 198 cm³/mol. The van der Waals surface area contributed by atoms with Gasteiger partial charge in [0.05, 0.1) is 11.4 Å². The van der Waals surface area contributed by atoms with E-state index in [9.17, 15) is 20.4 Å². The molecule has 0 aliphatic carbocycles. The molecule has 49 heavy (non-hydrogen) atoms. The zero-order valence-electron chi connectivity index (χ0n) is 28.4. The van der Waals surface area contributed by atoms with Crippen molar-refractivity contribution in [1.29, 1.82) is 0 Å². The average Bonchev–Trinajstić information content (AvgIpc) is 3.04. The van der Waals surface area contributed by atoms with E-state index in [4.69, 9.17) is 0 Å². The summed E-state index contributed by atoms with van der Waals surface area (Å²) in [5.41, 5.74) is 18.4. The molecule has 6 aromatic carbocycles. The van der Waals surface area contributed by atoms with Crippen molar-refractivity contribution in [1.82, 2.24) is 0 Å². The van der Waals surface area contributed by atoms with Crippen LogP contribution in [0.2, 0.25) is 0 Å². The number of phenolic OH excluding ortho intramolecular Hbond substituents is 4. The van der Waals surface area contributed by atoms with Gasteiger partial charge in [-0.25, -0.2) is 0 Å². The van der Waals surface area contributed by atoms with Gasteiger partial charge in [0.15, 0.2) is 0 Å². The summed E-state index contributed by atoms with van der Waals surface area (Å²) < 4.78 is 0. The van der Waals surface area contributed by atoms with Gasteiger partial charge in [0, 0.05) is 27.6 Å². The maximum atomic E-state index is 10.2. The Hall–Kier alpha value is -5.25. The van der Waals surface area contributed by atoms with E-state index in [0.717, 1.165) is 32.7 Å². The fourth-order valence-corrected chi connectivity index (χ4v) is 5.15. The Morgan fingerprint density at radius 3 is 1.16 bits per heavy atom. The Bertz CT molecular complexity index is 1920. The van der Waals surface area contributed by atoms with E-state index in [-0.39, 0.29) is 50.6 Å². The van der Waals surface area contributed by atoms with E-state index in [1.807, 2.05) is 84.9 Å². The molecule has 0 bridgehead atoms. The van der Waals surface area contributed by atoms with Gasteiger partial charge in [0.25, 0.3) is 0 Å². The number of fused-ring (bicyclic) bond motifs is 2. The molecular weight excluding hydrogens is 659 g/mol. The van der Waals surface area contributed by atoms with Crippen molar-refractivity contribution < 1.29 is 37.2 Å². The summed E-state index contributed by atoms with van der Waals surface area (Å²) in [5, 5.41) is 44.2. The molecule has 0 saturated carbocycles. The number of benzene rings is 6. The smallest absolute Gasteiger partial charge is 0.138 e. The largest absolute Gasteiger partial charge is 0.594 e. The third-order valence-electron chi connectivity index (χ3n) is 8.07. The second kappa shape index (κ2) is 14.9. The molecule has 6 N–H and O–H groups in total. The molecule has 9 heteroatoms. The number of nitrogens with one attached hydrogen (secondary N) is 2. The first-order valence-corrected chi connectivity index (χ1v) is 15.7. The van der Waals surface area contributed by atoms with Crippen molar-refractivity contribution in [3.05, 3.63) is 131 Å². The van der Waals surface area contributed by atoms with Gasteiger partial charge in [0.2, 0.25) is 0 Å². The Morgan fingerprint density at radius 1 is 0.449 bits per heavy atom. The molecule has 0 aliphatic heterocycles. The number of rotatable bonds is 6. The molecule has 6 aromatic rings. The Kier molecular flexibility index (Phi) is 11.1. The van der Waals surface area contributed by atoms with Crippen LogP contribution in [0, 0.1) is 0 Å². The van der Waals surface area contributed by atoms with Crippen LogP contribution >= 0.6 is 0 Å². The quantitative estimate of drug-likeness (QED) is 0.0756. The molecule has 8 nitrogen and oxygen atoms in total. The van der Waals surface area contributed by atoms with Gasteiger partial charge in [-0.1, -0.05) is 138 Å². The first-order valence-electron chi connectivity index (χ1n) is 15.7. The summed E-state index contributed by atoms with van der Waals surface area (Å²) in [7, 11) is 0. The van der Waals surface area contributed by atoms with E-state index < -0.39 is 0 Å². The third kappa shape index (κ3) is 8.62. The molecule has 0 unspecified atom stereocenters. The fourth-order valence-electron chi connectivity index (χ4n) is 5.15. The molecule has 0 heterocycles. The maximum absolute atomic E-state index is 10.2. The molecule has 0 spiro atoms. The van der Waals surface area contributed by atoms with Crippen LogP contribution in [-0.2, 0) is 27.6 Å². The number of hydrogen-bond acceptors (Lipinski definition) is 6. The molecule has 0 fully saturated rings. The molecule has 0 aliphatic rings. The van der Waals surface area contributed by atoms with Crippen molar-refractivity contribution in [2.75, 3.05) is 10.9 Å². The number of anilines is 2. The van der Waals surface area contributed by atoms with Crippen LogP contribution in [0.25, 0.3) is 32.4 Å². The fraction of sp³-hybridized carbons (Fsp3) is 0.200. The van der Waals surface area contributed by atoms with E-state index in [0.29, 0.717) is 22.7 Å². The SMILES string of the molecule is CC(C)(C)c1ccc(O)c([N-]Nc2c(O)ccc3ccccc23)c1.CC(C)(C)c1ccc(O)c([N-]Nc2c(O)ccc3ccccc23)c1.[Co]. The average molecular weight is 702 g/mol. The Labute approximate surface area is 298 Å². The minimum Gasteiger partial charge on any atom is -0.594 e. The second-order valence-corrected chi connectivity index (χ2v) is 13.7. The van der Waals surface area contributed by atoms with Gasteiger partial charge >= 0.3 is 0 Å². The zero-order valence-corrected chi connectivity index (χ0v) is 29.4. The van der Waals surface area contributed by atoms with Crippen molar-refractivity contribution in [2.24, 2.45) is 0 Å². The van der Waals surface area contributed by atoms with E-state index in [2.05, 4.69) is 63.2 Å². The normalized spacial score (nSPS) is 11.2. The van der Waals surface area contributed by atoms with Crippen molar-refractivity contribution in [3.8, 4) is 23.0 Å². The summed E-state index contributed by atoms with van der Waals surface area (Å²) in [6, 6.07) is 33.2. The number of aromatic hydroxyl groups is 4. The summed E-state index contributed by atoms with van der Waals surface area (Å²) >= 11 is 0. The minimum absolute atomic E-state index is 0. The minimum atomic E-state index is -0.0421. The molecular formula is C40H42CoN4O4-2. The van der Waals surface area contributed by atoms with E-state index in [1.165, 1.54) is 0 Å². The standard InChI is InChI=1S/2C20H21N2O2.Co/c2*1-20(2,3)14-9-11-17(23)16(12-14)21-22-19-15-7-5-4-6-13(15)8-10-18(19)24;/h2*4-12,22-24H,1-3H3;/q2*-1;. The van der Waals surface area contributed by atoms with Crippen LogP contribution in [0.4, 0.5) is 22.7 Å². The summed E-state index contributed by atoms with van der Waals surface area (Å²) in [4.78, 5) is 0. The Morgan fingerprint density at radius 2 is 0.796 bits per heavy atom. The molecule has 1 radical (unpaired) electrons. The number of nitrogens with zero attached hydrogens (tertiary/aromatic N) is 2. The topological polar surface area (TPSA) is 133 Å². The zero-order chi connectivity index (χ0) is 34.6. The van der Waals surface area contributed by atoms with Crippen molar-refractivity contribution >= 4 is 44.3 Å². The van der Waals surface area contributed by atoms with Gasteiger partial charge in [0.1, 0.15) is 23.0 Å². The molecule has 6 rings (SSSR count). The predicted octanol–water partition coefficient (Wildman–Crippen LogP) is 11.2. The van der Waals surface area contributed by atoms with Gasteiger partial charge in [-0.15, -0.1) is 0 Å². The molecule has 257 valence electrons. The first-order chi connectivity index (χ1) is 22.7. The van der Waals surface area contributed by atoms with Crippen LogP contribution in [0.5, 0.6) is 23.0 Å². The molecule has 0 atom stereocenters.